The van der Waals surface area contributed by atoms with Crippen molar-refractivity contribution in [2.24, 2.45) is 0 Å². The van der Waals surface area contributed by atoms with Gasteiger partial charge in [0.25, 0.3) is 0 Å². The molecule has 0 fully saturated rings. The summed E-state index contributed by atoms with van der Waals surface area (Å²) in [4.78, 5) is 0. The van der Waals surface area contributed by atoms with Crippen molar-refractivity contribution in [2.45, 2.75) is 129 Å². The van der Waals surface area contributed by atoms with Gasteiger partial charge in [0, 0.05) is 0 Å². The molecule has 0 aromatic heterocycles. The molecule has 0 saturated heterocycles. The van der Waals surface area contributed by atoms with Gasteiger partial charge in [-0.15, -0.1) is 0 Å². The summed E-state index contributed by atoms with van der Waals surface area (Å²) in [5.41, 5.74) is 11.0. The van der Waals surface area contributed by atoms with Crippen LogP contribution in [0.5, 0.6) is 0 Å². The van der Waals surface area contributed by atoms with E-state index < -0.39 is 0 Å². The fourth-order valence-electron chi connectivity index (χ4n) is 6.19. The van der Waals surface area contributed by atoms with Crippen molar-refractivity contribution < 1.29 is 0 Å². The van der Waals surface area contributed by atoms with E-state index in [0.717, 1.165) is 0 Å². The van der Waals surface area contributed by atoms with E-state index in [4.69, 9.17) is 0 Å². The van der Waals surface area contributed by atoms with Crippen molar-refractivity contribution in [2.75, 3.05) is 0 Å². The van der Waals surface area contributed by atoms with Crippen molar-refractivity contribution in [3.8, 4) is 33.4 Å². The molecule has 0 radical (unpaired) electrons. The van der Waals surface area contributed by atoms with Crippen molar-refractivity contribution in [3.05, 3.63) is 83.9 Å². The lowest BCUT2D eigenvalue weighted by molar-refractivity contribution is 0.575. The van der Waals surface area contributed by atoms with Gasteiger partial charge in [-0.2, -0.15) is 0 Å². The van der Waals surface area contributed by atoms with Crippen LogP contribution in [0.3, 0.4) is 0 Å². The Hall–Kier alpha value is -2.60. The van der Waals surface area contributed by atoms with Crippen molar-refractivity contribution in [1.82, 2.24) is 0 Å². The average Bonchev–Trinajstić information content (AvgIpc) is 3.43. The number of aryl methyl sites for hydroxylation is 2. The van der Waals surface area contributed by atoms with Crippen molar-refractivity contribution in [1.29, 1.82) is 0 Å². The lowest BCUT2D eigenvalue weighted by atomic mass is 10.0. The van der Waals surface area contributed by atoms with Crippen LogP contribution >= 0.6 is 0 Å². The minimum absolute atomic E-state index is 1.20. The maximum absolute atomic E-state index is 2.41. The van der Waals surface area contributed by atoms with Crippen LogP contribution in [0.2, 0.25) is 0 Å². The van der Waals surface area contributed by atoms with Gasteiger partial charge in [-0.3, -0.25) is 0 Å². The van der Waals surface area contributed by atoms with Crippen LogP contribution in [0.1, 0.15) is 128 Å². The normalized spacial score (nSPS) is 11.6. The molecule has 0 heteroatoms. The first-order valence-corrected chi connectivity index (χ1v) is 16.8. The van der Waals surface area contributed by atoms with Crippen LogP contribution in [0.25, 0.3) is 33.4 Å². The average molecular weight is 535 g/mol. The van der Waals surface area contributed by atoms with E-state index >= 15 is 0 Å². The molecule has 0 aliphatic heterocycles. The van der Waals surface area contributed by atoms with Gasteiger partial charge >= 0.3 is 0 Å². The predicted molar refractivity (Wildman–Crippen MR) is 178 cm³/mol. The standard InChI is InChI=1S/C40H54/c1-3-5-7-9-11-13-15-17-19-33-21-23-38-31-40(32-39(38)24-22-33)35-25-27-36-29-34(30-37(36)28-26-35)20-18-16-14-12-10-8-6-4-2/h21-32H,3-20H2,1-2H3. The SMILES string of the molecule is CCCCCCCCCCc1ccc2cc(-c3ccc4cc(CCCCCCCCCC)cc-4cc3)cc-2cc1. The highest BCUT2D eigenvalue weighted by molar-refractivity contribution is 5.81. The number of rotatable bonds is 19. The number of unbranched alkanes of at least 4 members (excludes halogenated alkanes) is 14. The summed E-state index contributed by atoms with van der Waals surface area (Å²) in [5.74, 6) is 0. The molecule has 214 valence electrons. The summed E-state index contributed by atoms with van der Waals surface area (Å²) in [7, 11) is 0. The maximum Gasteiger partial charge on any atom is -0.0172 e. The summed E-state index contributed by atoms with van der Waals surface area (Å²) in [6.45, 7) is 4.59. The molecule has 0 atom stereocenters. The zero-order chi connectivity index (χ0) is 27.8. The molecular formula is C40H54. The summed E-state index contributed by atoms with van der Waals surface area (Å²) in [6, 6.07) is 28.2. The second-order valence-corrected chi connectivity index (χ2v) is 12.2. The Bertz CT molecular complexity index is 1100. The molecule has 0 N–H and O–H groups in total. The minimum atomic E-state index is 1.20. The molecule has 0 nitrogen and oxygen atoms in total. The molecule has 0 amide bonds. The summed E-state index contributed by atoms with van der Waals surface area (Å²) in [5, 5.41) is 0. The zero-order valence-electron chi connectivity index (χ0n) is 25.7. The molecule has 0 heterocycles. The first kappa shape index (κ1) is 30.4. The second kappa shape index (κ2) is 17.3. The van der Waals surface area contributed by atoms with E-state index in [1.54, 1.807) is 0 Å². The Kier molecular flexibility index (Phi) is 13.1. The Balaban J connectivity index is 1.27. The second-order valence-electron chi connectivity index (χ2n) is 12.2. The summed E-state index contributed by atoms with van der Waals surface area (Å²) >= 11 is 0. The Labute approximate surface area is 246 Å². The highest BCUT2D eigenvalue weighted by atomic mass is 14.1. The fraction of sp³-hybridized carbons (Fsp3) is 0.500. The maximum atomic E-state index is 2.41. The summed E-state index contributed by atoms with van der Waals surface area (Å²) < 4.78 is 0. The van der Waals surface area contributed by atoms with Gasteiger partial charge in [-0.05, 0) is 82.3 Å². The molecule has 0 aromatic carbocycles. The number of hydrogen-bond acceptors (Lipinski definition) is 0. The van der Waals surface area contributed by atoms with Crippen LogP contribution in [0, 0.1) is 0 Å². The smallest absolute Gasteiger partial charge is 0.0172 e. The highest BCUT2D eigenvalue weighted by Gasteiger charge is 2.10. The van der Waals surface area contributed by atoms with Crippen molar-refractivity contribution >= 4 is 0 Å². The topological polar surface area (TPSA) is 0 Å². The van der Waals surface area contributed by atoms with E-state index in [1.807, 2.05) is 0 Å². The molecule has 4 aliphatic rings. The molecule has 0 bridgehead atoms. The first-order valence-electron chi connectivity index (χ1n) is 16.8. The third-order valence-corrected chi connectivity index (χ3v) is 8.78. The van der Waals surface area contributed by atoms with Gasteiger partial charge in [0.2, 0.25) is 0 Å². The lowest BCUT2D eigenvalue weighted by Gasteiger charge is -2.01. The molecular weight excluding hydrogens is 480 g/mol. The van der Waals surface area contributed by atoms with Crippen LogP contribution in [0.4, 0.5) is 0 Å². The molecule has 0 saturated carbocycles. The van der Waals surface area contributed by atoms with Gasteiger partial charge < -0.3 is 0 Å². The van der Waals surface area contributed by atoms with E-state index in [0.29, 0.717) is 0 Å². The van der Waals surface area contributed by atoms with Gasteiger partial charge in [0.15, 0.2) is 0 Å². The fourth-order valence-corrected chi connectivity index (χ4v) is 6.19. The third kappa shape index (κ3) is 9.79. The zero-order valence-corrected chi connectivity index (χ0v) is 25.7. The highest BCUT2D eigenvalue weighted by Crippen LogP contribution is 2.34. The van der Waals surface area contributed by atoms with E-state index in [9.17, 15) is 0 Å². The largest absolute Gasteiger partial charge is 0.0654 e. The summed E-state index contributed by atoms with van der Waals surface area (Å²) in [6.07, 6.45) is 24.6. The lowest BCUT2D eigenvalue weighted by Crippen LogP contribution is -1.84. The van der Waals surface area contributed by atoms with E-state index in [-0.39, 0.29) is 0 Å². The van der Waals surface area contributed by atoms with Crippen LogP contribution in [-0.2, 0) is 12.8 Å². The molecule has 40 heavy (non-hydrogen) atoms. The number of fused-ring (bicyclic) bond motifs is 2. The van der Waals surface area contributed by atoms with Gasteiger partial charge in [-0.25, -0.2) is 0 Å². The third-order valence-electron chi connectivity index (χ3n) is 8.78. The first-order chi connectivity index (χ1) is 19.8. The van der Waals surface area contributed by atoms with Gasteiger partial charge in [0.1, 0.15) is 0 Å². The molecule has 4 aliphatic carbocycles. The molecule has 0 spiro atoms. The Morgan fingerprint density at radius 1 is 0.300 bits per heavy atom. The Morgan fingerprint density at radius 3 is 1.12 bits per heavy atom. The van der Waals surface area contributed by atoms with E-state index in [1.165, 1.54) is 160 Å². The van der Waals surface area contributed by atoms with E-state index in [2.05, 4.69) is 86.6 Å². The van der Waals surface area contributed by atoms with Crippen LogP contribution in [-0.4, -0.2) is 0 Å². The van der Waals surface area contributed by atoms with Crippen LogP contribution < -0.4 is 0 Å². The van der Waals surface area contributed by atoms with Gasteiger partial charge in [-0.1, -0.05) is 164 Å². The predicted octanol–water partition coefficient (Wildman–Crippen LogP) is 12.9. The van der Waals surface area contributed by atoms with Gasteiger partial charge in [0.05, 0.1) is 0 Å². The molecule has 0 unspecified atom stereocenters. The van der Waals surface area contributed by atoms with Crippen molar-refractivity contribution in [3.63, 3.8) is 0 Å². The Morgan fingerprint density at radius 2 is 0.650 bits per heavy atom. The number of hydrogen-bond donors (Lipinski definition) is 0. The van der Waals surface area contributed by atoms with Crippen LogP contribution in [0.15, 0.2) is 72.8 Å². The molecule has 4 rings (SSSR count). The minimum Gasteiger partial charge on any atom is -0.0654 e. The quantitative estimate of drug-likeness (QED) is 0.105. The molecule has 0 aromatic rings. The monoisotopic (exact) mass is 534 g/mol.